The van der Waals surface area contributed by atoms with Gasteiger partial charge in [-0.15, -0.1) is 10.2 Å². The Morgan fingerprint density at radius 1 is 1.11 bits per heavy atom. The van der Waals surface area contributed by atoms with Gasteiger partial charge in [0.05, 0.1) is 29.4 Å². The van der Waals surface area contributed by atoms with Gasteiger partial charge in [0.15, 0.2) is 5.60 Å². The molecule has 0 aliphatic rings. The van der Waals surface area contributed by atoms with Crippen molar-refractivity contribution < 1.29 is 27.8 Å². The summed E-state index contributed by atoms with van der Waals surface area (Å²) in [5.41, 5.74) is 0.0233. The Morgan fingerprint density at radius 3 is 2.49 bits per heavy atom. The van der Waals surface area contributed by atoms with Crippen molar-refractivity contribution in [2.24, 2.45) is 0 Å². The summed E-state index contributed by atoms with van der Waals surface area (Å²) in [5, 5.41) is 26.3. The summed E-state index contributed by atoms with van der Waals surface area (Å²) >= 11 is 0. The molecule has 0 aliphatic heterocycles. The number of alkyl halides is 2. The van der Waals surface area contributed by atoms with Crippen molar-refractivity contribution in [1.29, 1.82) is 0 Å². The maximum atomic E-state index is 15.2. The van der Waals surface area contributed by atoms with Crippen LogP contribution in [-0.4, -0.2) is 49.0 Å². The largest absolute Gasteiger partial charge is 0.480 e. The molecule has 0 bridgehead atoms. The molecule has 12 heteroatoms. The van der Waals surface area contributed by atoms with Crippen LogP contribution < -0.4 is 9.47 Å². The average Bonchev–Trinajstić information content (AvgIpc) is 3.55. The fourth-order valence-electron chi connectivity index (χ4n) is 4.46. The Hall–Kier alpha value is -4.45. The molecule has 0 saturated carbocycles. The highest BCUT2D eigenvalue weighted by molar-refractivity contribution is 5.84. The molecule has 2 N–H and O–H groups in total. The first kappa shape index (κ1) is 24.3. The van der Waals surface area contributed by atoms with Crippen molar-refractivity contribution in [3.8, 4) is 23.0 Å². The summed E-state index contributed by atoms with van der Waals surface area (Å²) in [6.07, 6.45) is 0. The van der Waals surface area contributed by atoms with Gasteiger partial charge in [-0.2, -0.15) is 14.0 Å². The van der Waals surface area contributed by atoms with Gasteiger partial charge in [-0.3, -0.25) is 0 Å². The number of tetrazole rings is 1. The third-order valence-corrected chi connectivity index (χ3v) is 6.08. The zero-order chi connectivity index (χ0) is 26.2. The number of aromatic amines is 1. The minimum Gasteiger partial charge on any atom is -0.480 e. The molecule has 0 amide bonds. The number of benzene rings is 2. The molecule has 1 unspecified atom stereocenters. The number of ether oxygens (including phenoxy) is 2. The van der Waals surface area contributed by atoms with Crippen molar-refractivity contribution in [1.82, 2.24) is 30.2 Å². The number of hydrogen-bond acceptors (Lipinski definition) is 7. The second-order valence-electron chi connectivity index (χ2n) is 8.05. The molecule has 0 radical (unpaired) electrons. The Bertz CT molecular complexity index is 1540. The van der Waals surface area contributed by atoms with Gasteiger partial charge in [0.2, 0.25) is 11.7 Å². The van der Waals surface area contributed by atoms with Crippen LogP contribution >= 0.6 is 0 Å². The molecule has 5 rings (SSSR count). The molecule has 2 aromatic carbocycles. The lowest BCUT2D eigenvalue weighted by Crippen LogP contribution is -2.32. The second kappa shape index (κ2) is 9.54. The summed E-state index contributed by atoms with van der Waals surface area (Å²) in [7, 11) is 1.45. The Kier molecular flexibility index (Phi) is 6.25. The molecule has 37 heavy (non-hydrogen) atoms. The van der Waals surface area contributed by atoms with E-state index in [-0.39, 0.29) is 28.6 Å². The van der Waals surface area contributed by atoms with Gasteiger partial charge in [0.25, 0.3) is 0 Å². The highest BCUT2D eigenvalue weighted by Gasteiger charge is 2.40. The molecular weight excluding hydrogens is 489 g/mol. The SMILES string of the molecule is CCn1c(C(O)(c2ccc(OC(F)F)cc2)c2ccccc2F)cc2nc(OC)c(-c3nn[nH]n3)cc21. The number of hydrogen-bond donors (Lipinski definition) is 2. The number of halogens is 3. The van der Waals surface area contributed by atoms with Crippen LogP contribution in [-0.2, 0) is 12.1 Å². The summed E-state index contributed by atoms with van der Waals surface area (Å²) in [5.74, 6) is -0.252. The fourth-order valence-corrected chi connectivity index (χ4v) is 4.46. The molecule has 3 heterocycles. The van der Waals surface area contributed by atoms with Crippen LogP contribution in [0.15, 0.2) is 60.7 Å². The van der Waals surface area contributed by atoms with Crippen LogP contribution in [0, 0.1) is 5.82 Å². The quantitative estimate of drug-likeness (QED) is 0.321. The van der Waals surface area contributed by atoms with E-state index in [0.29, 0.717) is 28.8 Å². The van der Waals surface area contributed by atoms with Gasteiger partial charge in [-0.05, 0) is 48.0 Å². The molecule has 190 valence electrons. The maximum absolute atomic E-state index is 15.2. The number of methoxy groups -OCH3 is 1. The van der Waals surface area contributed by atoms with E-state index >= 15 is 4.39 Å². The number of fused-ring (bicyclic) bond motifs is 1. The number of aromatic nitrogens is 6. The molecule has 0 fully saturated rings. The minimum atomic E-state index is -3.01. The molecule has 3 aromatic heterocycles. The number of aryl methyl sites for hydroxylation is 1. The van der Waals surface area contributed by atoms with Crippen LogP contribution in [0.5, 0.6) is 11.6 Å². The number of pyridine rings is 1. The van der Waals surface area contributed by atoms with Crippen LogP contribution in [0.2, 0.25) is 0 Å². The van der Waals surface area contributed by atoms with Gasteiger partial charge in [-0.25, -0.2) is 9.37 Å². The number of H-pyrrole nitrogens is 1. The van der Waals surface area contributed by atoms with Gasteiger partial charge in [-0.1, -0.05) is 30.3 Å². The fraction of sp³-hybridized carbons (Fsp3) is 0.200. The molecule has 0 saturated heterocycles. The molecular formula is C25H21F3N6O3. The van der Waals surface area contributed by atoms with Crippen molar-refractivity contribution in [3.05, 3.63) is 83.3 Å². The highest BCUT2D eigenvalue weighted by Crippen LogP contribution is 2.42. The predicted octanol–water partition coefficient (Wildman–Crippen LogP) is 4.27. The number of rotatable bonds is 8. The number of aliphatic hydroxyl groups is 1. The lowest BCUT2D eigenvalue weighted by atomic mass is 9.83. The van der Waals surface area contributed by atoms with Crippen LogP contribution in [0.3, 0.4) is 0 Å². The monoisotopic (exact) mass is 510 g/mol. The van der Waals surface area contributed by atoms with Crippen LogP contribution in [0.25, 0.3) is 22.4 Å². The van der Waals surface area contributed by atoms with Gasteiger partial charge in [0, 0.05) is 12.1 Å². The smallest absolute Gasteiger partial charge is 0.387 e. The summed E-state index contributed by atoms with van der Waals surface area (Å²) in [6.45, 7) is -0.766. The predicted molar refractivity (Wildman–Crippen MR) is 127 cm³/mol. The Labute approximate surface area is 208 Å². The third-order valence-electron chi connectivity index (χ3n) is 6.08. The first-order chi connectivity index (χ1) is 17.9. The molecule has 5 aromatic rings. The van der Waals surface area contributed by atoms with E-state index in [1.165, 1.54) is 49.6 Å². The maximum Gasteiger partial charge on any atom is 0.387 e. The van der Waals surface area contributed by atoms with Gasteiger partial charge >= 0.3 is 6.61 Å². The number of nitrogens with zero attached hydrogens (tertiary/aromatic N) is 5. The van der Waals surface area contributed by atoms with Gasteiger partial charge < -0.3 is 19.1 Å². The van der Waals surface area contributed by atoms with E-state index in [4.69, 9.17) is 4.74 Å². The molecule has 1 atom stereocenters. The zero-order valence-corrected chi connectivity index (χ0v) is 19.7. The van der Waals surface area contributed by atoms with E-state index < -0.39 is 18.0 Å². The van der Waals surface area contributed by atoms with Crippen molar-refractivity contribution in [2.45, 2.75) is 25.7 Å². The van der Waals surface area contributed by atoms with Crippen molar-refractivity contribution in [2.75, 3.05) is 7.11 Å². The first-order valence-electron chi connectivity index (χ1n) is 11.2. The first-order valence-corrected chi connectivity index (χ1v) is 11.2. The lowest BCUT2D eigenvalue weighted by molar-refractivity contribution is -0.0498. The second-order valence-corrected chi connectivity index (χ2v) is 8.05. The van der Waals surface area contributed by atoms with E-state index in [2.05, 4.69) is 30.3 Å². The minimum absolute atomic E-state index is 0.0274. The third kappa shape index (κ3) is 4.14. The average molecular weight is 510 g/mol. The topological polar surface area (TPSA) is 111 Å². The standard InChI is InChI=1S/C25H21F3N6O3/c1-3-34-20-12-16(22-30-32-33-31-22)23(36-2)29-19(20)13-21(34)25(35,17-6-4-5-7-18(17)26)14-8-10-15(11-9-14)37-24(27)28/h4-13,24,35H,3H2,1-2H3,(H,30,31,32,33). The van der Waals surface area contributed by atoms with E-state index in [1.807, 2.05) is 6.92 Å². The normalized spacial score (nSPS) is 13.2. The van der Waals surface area contributed by atoms with E-state index in [1.54, 1.807) is 22.8 Å². The highest BCUT2D eigenvalue weighted by atomic mass is 19.3. The Morgan fingerprint density at radius 2 is 1.86 bits per heavy atom. The van der Waals surface area contributed by atoms with Crippen LogP contribution in [0.4, 0.5) is 13.2 Å². The summed E-state index contributed by atoms with van der Waals surface area (Å²) in [6, 6.07) is 14.6. The zero-order valence-electron chi connectivity index (χ0n) is 19.7. The van der Waals surface area contributed by atoms with Crippen molar-refractivity contribution in [3.63, 3.8) is 0 Å². The van der Waals surface area contributed by atoms with Crippen molar-refractivity contribution >= 4 is 11.0 Å². The lowest BCUT2D eigenvalue weighted by Gasteiger charge is -2.31. The number of nitrogens with one attached hydrogen (secondary N) is 1. The van der Waals surface area contributed by atoms with E-state index in [9.17, 15) is 13.9 Å². The molecule has 0 spiro atoms. The molecule has 9 nitrogen and oxygen atoms in total. The molecule has 0 aliphatic carbocycles. The van der Waals surface area contributed by atoms with Crippen LogP contribution in [0.1, 0.15) is 23.7 Å². The van der Waals surface area contributed by atoms with E-state index in [0.717, 1.165) is 0 Å². The summed E-state index contributed by atoms with van der Waals surface area (Å²) < 4.78 is 52.3. The Balaban J connectivity index is 1.77. The summed E-state index contributed by atoms with van der Waals surface area (Å²) in [4.78, 5) is 4.58. The van der Waals surface area contributed by atoms with Gasteiger partial charge in [0.1, 0.15) is 11.6 Å².